The van der Waals surface area contributed by atoms with Crippen LogP contribution in [-0.4, -0.2) is 12.6 Å². The van der Waals surface area contributed by atoms with E-state index in [2.05, 4.69) is 24.3 Å². The molecule has 15 heavy (non-hydrogen) atoms. The Morgan fingerprint density at radius 3 is 3.00 bits per heavy atom. The van der Waals surface area contributed by atoms with E-state index >= 15 is 0 Å². The lowest BCUT2D eigenvalue weighted by atomic mass is 9.98. The summed E-state index contributed by atoms with van der Waals surface area (Å²) in [7, 11) is 0. The van der Waals surface area contributed by atoms with Crippen molar-refractivity contribution in [2.24, 2.45) is 0 Å². The fourth-order valence-electron chi connectivity index (χ4n) is 1.90. The van der Waals surface area contributed by atoms with E-state index in [9.17, 15) is 4.79 Å². The smallest absolute Gasteiger partial charge is 0.306 e. The molecule has 0 saturated heterocycles. The van der Waals surface area contributed by atoms with Gasteiger partial charge in [-0.25, -0.2) is 0 Å². The molecule has 0 N–H and O–H groups in total. The Hall–Kier alpha value is -1.57. The molecule has 0 amide bonds. The third-order valence-electron chi connectivity index (χ3n) is 2.60. The van der Waals surface area contributed by atoms with Crippen molar-refractivity contribution in [1.29, 1.82) is 0 Å². The van der Waals surface area contributed by atoms with Crippen molar-refractivity contribution in [1.82, 2.24) is 0 Å². The van der Waals surface area contributed by atoms with Crippen LogP contribution in [0.15, 0.2) is 30.3 Å². The number of carbonyl (C=O) groups excluding carboxylic acids is 1. The topological polar surface area (TPSA) is 26.3 Å². The highest BCUT2D eigenvalue weighted by Gasteiger charge is 2.19. The van der Waals surface area contributed by atoms with Crippen LogP contribution in [-0.2, 0) is 9.53 Å². The summed E-state index contributed by atoms with van der Waals surface area (Å²) >= 11 is 0. The van der Waals surface area contributed by atoms with Crippen molar-refractivity contribution < 1.29 is 9.53 Å². The average molecular weight is 202 g/mol. The molecule has 0 radical (unpaired) electrons. The molecule has 2 rings (SSSR count). The van der Waals surface area contributed by atoms with Crippen LogP contribution in [0.1, 0.15) is 30.4 Å². The van der Waals surface area contributed by atoms with Gasteiger partial charge in [0.2, 0.25) is 0 Å². The molecule has 2 heteroatoms. The van der Waals surface area contributed by atoms with Gasteiger partial charge < -0.3 is 4.74 Å². The van der Waals surface area contributed by atoms with E-state index in [0.717, 1.165) is 0 Å². The lowest BCUT2D eigenvalue weighted by molar-refractivity contribution is -0.143. The Morgan fingerprint density at radius 2 is 2.20 bits per heavy atom. The summed E-state index contributed by atoms with van der Waals surface area (Å²) in [4.78, 5) is 11.4. The molecule has 1 aromatic carbocycles. The Morgan fingerprint density at radius 1 is 1.40 bits per heavy atom. The predicted molar refractivity (Wildman–Crippen MR) is 59.5 cm³/mol. The van der Waals surface area contributed by atoms with Crippen molar-refractivity contribution in [3.63, 3.8) is 0 Å². The van der Waals surface area contributed by atoms with Crippen LogP contribution < -0.4 is 0 Å². The van der Waals surface area contributed by atoms with Gasteiger partial charge in [-0.15, -0.1) is 0 Å². The number of allylic oxidation sites excluding steroid dienone is 1. The molecule has 2 nitrogen and oxygen atoms in total. The molecule has 0 bridgehead atoms. The van der Waals surface area contributed by atoms with Gasteiger partial charge in [0, 0.05) is 5.92 Å². The van der Waals surface area contributed by atoms with E-state index in [0.29, 0.717) is 13.0 Å². The SMILES string of the molecule is CCOC(=O)CC1C=Cc2ccccc21. The summed E-state index contributed by atoms with van der Waals surface area (Å²) in [6.07, 6.45) is 4.59. The largest absolute Gasteiger partial charge is 0.466 e. The van der Waals surface area contributed by atoms with Crippen LogP contribution in [0.4, 0.5) is 0 Å². The molecule has 0 aromatic heterocycles. The molecule has 1 unspecified atom stereocenters. The average Bonchev–Trinajstić information content (AvgIpc) is 2.62. The number of hydrogen-bond donors (Lipinski definition) is 0. The van der Waals surface area contributed by atoms with Crippen LogP contribution in [0.3, 0.4) is 0 Å². The summed E-state index contributed by atoms with van der Waals surface area (Å²) in [5.74, 6) is 0.0732. The van der Waals surface area contributed by atoms with Crippen molar-refractivity contribution in [3.05, 3.63) is 41.5 Å². The van der Waals surface area contributed by atoms with E-state index in [1.165, 1.54) is 11.1 Å². The first kappa shape index (κ1) is 9.97. The third-order valence-corrected chi connectivity index (χ3v) is 2.60. The highest BCUT2D eigenvalue weighted by atomic mass is 16.5. The third kappa shape index (κ3) is 2.09. The fourth-order valence-corrected chi connectivity index (χ4v) is 1.90. The molecular weight excluding hydrogens is 188 g/mol. The highest BCUT2D eigenvalue weighted by Crippen LogP contribution is 2.32. The minimum atomic E-state index is -0.121. The lowest BCUT2D eigenvalue weighted by Crippen LogP contribution is -2.08. The first-order valence-corrected chi connectivity index (χ1v) is 5.24. The Balaban J connectivity index is 2.08. The Labute approximate surface area is 89.6 Å². The normalized spacial score (nSPS) is 17.5. The van der Waals surface area contributed by atoms with E-state index in [1.54, 1.807) is 0 Å². The number of fused-ring (bicyclic) bond motifs is 1. The second-order valence-electron chi connectivity index (χ2n) is 3.60. The number of carbonyl (C=O) groups is 1. The molecule has 0 fully saturated rings. The fraction of sp³-hybridized carbons (Fsp3) is 0.308. The molecular formula is C13H14O2. The second-order valence-corrected chi connectivity index (χ2v) is 3.60. The van der Waals surface area contributed by atoms with Crippen LogP contribution >= 0.6 is 0 Å². The van der Waals surface area contributed by atoms with Gasteiger partial charge in [0.15, 0.2) is 0 Å². The molecule has 0 saturated carbocycles. The standard InChI is InChI=1S/C13H14O2/c1-2-15-13(14)9-11-8-7-10-5-3-4-6-12(10)11/h3-8,11H,2,9H2,1H3. The van der Waals surface area contributed by atoms with Gasteiger partial charge in [0.1, 0.15) is 0 Å². The first-order valence-electron chi connectivity index (χ1n) is 5.24. The van der Waals surface area contributed by atoms with Crippen LogP contribution in [0.25, 0.3) is 6.08 Å². The van der Waals surface area contributed by atoms with Crippen LogP contribution in [0.2, 0.25) is 0 Å². The van der Waals surface area contributed by atoms with E-state index in [4.69, 9.17) is 4.74 Å². The Kier molecular flexibility index (Phi) is 2.86. The molecule has 1 atom stereocenters. The van der Waals surface area contributed by atoms with Crippen molar-refractivity contribution in [2.45, 2.75) is 19.3 Å². The van der Waals surface area contributed by atoms with E-state index in [1.807, 2.05) is 19.1 Å². The van der Waals surface area contributed by atoms with E-state index in [-0.39, 0.29) is 11.9 Å². The summed E-state index contributed by atoms with van der Waals surface area (Å²) in [6.45, 7) is 2.28. The molecule has 1 aliphatic rings. The van der Waals surface area contributed by atoms with Gasteiger partial charge in [0.25, 0.3) is 0 Å². The van der Waals surface area contributed by atoms with Gasteiger partial charge in [0.05, 0.1) is 13.0 Å². The molecule has 0 aliphatic heterocycles. The minimum Gasteiger partial charge on any atom is -0.466 e. The highest BCUT2D eigenvalue weighted by molar-refractivity contribution is 5.73. The van der Waals surface area contributed by atoms with Crippen molar-refractivity contribution in [3.8, 4) is 0 Å². The van der Waals surface area contributed by atoms with E-state index < -0.39 is 0 Å². The summed E-state index contributed by atoms with van der Waals surface area (Å²) < 4.78 is 4.95. The summed E-state index contributed by atoms with van der Waals surface area (Å²) in [6, 6.07) is 8.15. The zero-order chi connectivity index (χ0) is 10.7. The van der Waals surface area contributed by atoms with Crippen molar-refractivity contribution >= 4 is 12.0 Å². The Bertz CT molecular complexity index is 393. The quantitative estimate of drug-likeness (QED) is 0.704. The second kappa shape index (κ2) is 4.30. The van der Waals surface area contributed by atoms with Crippen molar-refractivity contribution in [2.75, 3.05) is 6.61 Å². The number of esters is 1. The zero-order valence-corrected chi connectivity index (χ0v) is 8.77. The summed E-state index contributed by atoms with van der Waals surface area (Å²) in [5, 5.41) is 0. The van der Waals surface area contributed by atoms with Gasteiger partial charge in [-0.2, -0.15) is 0 Å². The maximum Gasteiger partial charge on any atom is 0.306 e. The number of hydrogen-bond acceptors (Lipinski definition) is 2. The summed E-state index contributed by atoms with van der Waals surface area (Å²) in [5.41, 5.74) is 2.44. The monoisotopic (exact) mass is 202 g/mol. The predicted octanol–water partition coefficient (Wildman–Crippen LogP) is 2.75. The molecule has 0 heterocycles. The molecule has 1 aromatic rings. The van der Waals surface area contributed by atoms with Crippen LogP contribution in [0, 0.1) is 0 Å². The number of ether oxygens (including phenoxy) is 1. The zero-order valence-electron chi connectivity index (χ0n) is 8.77. The van der Waals surface area contributed by atoms with Gasteiger partial charge >= 0.3 is 5.97 Å². The number of rotatable bonds is 3. The minimum absolute atomic E-state index is 0.121. The molecule has 0 spiro atoms. The maximum absolute atomic E-state index is 11.4. The van der Waals surface area contributed by atoms with Gasteiger partial charge in [-0.3, -0.25) is 4.79 Å². The molecule has 1 aliphatic carbocycles. The maximum atomic E-state index is 11.4. The van der Waals surface area contributed by atoms with Gasteiger partial charge in [-0.1, -0.05) is 36.4 Å². The first-order chi connectivity index (χ1) is 7.31. The molecule has 78 valence electrons. The lowest BCUT2D eigenvalue weighted by Gasteiger charge is -2.09. The number of benzene rings is 1. The van der Waals surface area contributed by atoms with Gasteiger partial charge in [-0.05, 0) is 18.1 Å². The van der Waals surface area contributed by atoms with Crippen LogP contribution in [0.5, 0.6) is 0 Å².